The zero-order chi connectivity index (χ0) is 30.2. The zero-order valence-corrected chi connectivity index (χ0v) is 25.0. The standard InChI is InChI=1S/C41H29N5/c1-4-14-28(15-5-1)36-26-38(46-41(45(36)46)29-16-6-2-7-17-29)44-34-22-12-10-20-31(34)39-32-24-25-42-27-37(32)43(30-18-8-3-9-19-30)35-23-13-11-21-33(35)40(39)44/h1-27,36,41H. The van der Waals surface area contributed by atoms with Crippen LogP contribution in [0.5, 0.6) is 0 Å². The molecule has 0 saturated carbocycles. The SMILES string of the molecule is C1=C(n2c3c(c4ccccc42)-c2ccncc2N(c2ccccc2)c2ccccc2-3)N2C(c3ccccc3)N2C1c1ccccc1. The van der Waals surface area contributed by atoms with Crippen molar-refractivity contribution in [3.63, 3.8) is 0 Å². The number of aromatic nitrogens is 2. The molecule has 1 saturated heterocycles. The first kappa shape index (κ1) is 25.4. The summed E-state index contributed by atoms with van der Waals surface area (Å²) in [6.45, 7) is 0. The number of anilines is 3. The van der Waals surface area contributed by atoms with Gasteiger partial charge in [-0.1, -0.05) is 115 Å². The summed E-state index contributed by atoms with van der Waals surface area (Å²) in [7, 11) is 0. The summed E-state index contributed by atoms with van der Waals surface area (Å²) in [6, 6.07) is 52.3. The summed E-state index contributed by atoms with van der Waals surface area (Å²) in [5.41, 5.74) is 11.9. The molecule has 0 bridgehead atoms. The first-order chi connectivity index (χ1) is 22.9. The molecule has 0 amide bonds. The highest BCUT2D eigenvalue weighted by Crippen LogP contribution is 2.60. The third kappa shape index (κ3) is 3.57. The van der Waals surface area contributed by atoms with E-state index in [1.165, 1.54) is 50.2 Å². The van der Waals surface area contributed by atoms with E-state index in [-0.39, 0.29) is 12.2 Å². The fourth-order valence-corrected chi connectivity index (χ4v) is 7.64. The zero-order valence-electron chi connectivity index (χ0n) is 25.0. The maximum Gasteiger partial charge on any atom is 0.143 e. The van der Waals surface area contributed by atoms with E-state index in [4.69, 9.17) is 0 Å². The van der Waals surface area contributed by atoms with E-state index < -0.39 is 0 Å². The Hall–Kier alpha value is -5.91. The number of hydrogen-bond acceptors (Lipinski definition) is 4. The molecule has 1 fully saturated rings. The molecule has 0 aliphatic carbocycles. The molecule has 5 aromatic carbocycles. The molecule has 3 atom stereocenters. The lowest BCUT2D eigenvalue weighted by molar-refractivity contribution is 0.361. The van der Waals surface area contributed by atoms with E-state index in [0.717, 1.165) is 17.1 Å². The topological polar surface area (TPSA) is 27.1 Å². The highest BCUT2D eigenvalue weighted by Gasteiger charge is 2.57. The number of rotatable bonds is 4. The fraction of sp³-hybridized carbons (Fsp3) is 0.0488. The van der Waals surface area contributed by atoms with E-state index in [1.807, 2.05) is 12.4 Å². The lowest BCUT2D eigenvalue weighted by Gasteiger charge is -2.27. The molecular weight excluding hydrogens is 562 g/mol. The van der Waals surface area contributed by atoms with Crippen LogP contribution in [-0.2, 0) is 0 Å². The average molecular weight is 592 g/mol. The molecule has 46 heavy (non-hydrogen) atoms. The van der Waals surface area contributed by atoms with Crippen LogP contribution in [0.15, 0.2) is 164 Å². The van der Waals surface area contributed by atoms with Crippen LogP contribution in [0, 0.1) is 0 Å². The van der Waals surface area contributed by atoms with E-state index >= 15 is 0 Å². The molecule has 3 aliphatic rings. The van der Waals surface area contributed by atoms with Crippen molar-refractivity contribution < 1.29 is 0 Å². The summed E-state index contributed by atoms with van der Waals surface area (Å²) < 4.78 is 2.51. The van der Waals surface area contributed by atoms with Crippen LogP contribution >= 0.6 is 0 Å². The molecule has 2 aromatic heterocycles. The summed E-state index contributed by atoms with van der Waals surface area (Å²) in [4.78, 5) is 7.02. The van der Waals surface area contributed by atoms with Gasteiger partial charge in [0.15, 0.2) is 0 Å². The third-order valence-corrected chi connectivity index (χ3v) is 9.57. The van der Waals surface area contributed by atoms with Crippen molar-refractivity contribution in [1.82, 2.24) is 19.6 Å². The molecule has 5 heteroatoms. The lowest BCUT2D eigenvalue weighted by Crippen LogP contribution is -2.12. The van der Waals surface area contributed by atoms with Gasteiger partial charge in [0.1, 0.15) is 12.0 Å². The number of fused-ring (bicyclic) bond motifs is 8. The Labute approximate surface area is 267 Å². The van der Waals surface area contributed by atoms with Gasteiger partial charge in [0.05, 0.1) is 34.8 Å². The Morgan fingerprint density at radius 2 is 1.24 bits per heavy atom. The first-order valence-electron chi connectivity index (χ1n) is 15.8. The summed E-state index contributed by atoms with van der Waals surface area (Å²) >= 11 is 0. The van der Waals surface area contributed by atoms with Crippen molar-refractivity contribution in [2.45, 2.75) is 12.2 Å². The van der Waals surface area contributed by atoms with Crippen LogP contribution in [0.1, 0.15) is 23.3 Å². The molecule has 218 valence electrons. The molecule has 5 nitrogen and oxygen atoms in total. The molecule has 10 rings (SSSR count). The highest BCUT2D eigenvalue weighted by atomic mass is 15.9. The predicted octanol–water partition coefficient (Wildman–Crippen LogP) is 9.94. The molecule has 0 spiro atoms. The Balaban J connectivity index is 1.29. The van der Waals surface area contributed by atoms with Crippen LogP contribution in [0.3, 0.4) is 0 Å². The number of benzene rings is 5. The second-order valence-electron chi connectivity index (χ2n) is 12.0. The quantitative estimate of drug-likeness (QED) is 0.190. The van der Waals surface area contributed by atoms with E-state index in [9.17, 15) is 0 Å². The maximum atomic E-state index is 4.66. The second kappa shape index (κ2) is 9.80. The van der Waals surface area contributed by atoms with Crippen LogP contribution in [-0.4, -0.2) is 19.6 Å². The van der Waals surface area contributed by atoms with E-state index in [0.29, 0.717) is 0 Å². The van der Waals surface area contributed by atoms with Gasteiger partial charge >= 0.3 is 0 Å². The Kier molecular flexibility index (Phi) is 5.41. The van der Waals surface area contributed by atoms with Gasteiger partial charge in [-0.05, 0) is 47.5 Å². The van der Waals surface area contributed by atoms with Crippen molar-refractivity contribution in [2.75, 3.05) is 4.90 Å². The Morgan fingerprint density at radius 3 is 2.04 bits per heavy atom. The number of pyridine rings is 1. The van der Waals surface area contributed by atoms with Crippen molar-refractivity contribution in [3.05, 3.63) is 175 Å². The minimum Gasteiger partial charge on any atom is -0.308 e. The Bertz CT molecular complexity index is 2290. The van der Waals surface area contributed by atoms with Crippen LogP contribution in [0.2, 0.25) is 0 Å². The normalized spacial score (nSPS) is 19.1. The van der Waals surface area contributed by atoms with Crippen LogP contribution < -0.4 is 4.90 Å². The minimum absolute atomic E-state index is 0.122. The lowest BCUT2D eigenvalue weighted by atomic mass is 9.99. The van der Waals surface area contributed by atoms with Gasteiger partial charge in [-0.15, -0.1) is 0 Å². The van der Waals surface area contributed by atoms with Crippen molar-refractivity contribution in [3.8, 4) is 22.4 Å². The third-order valence-electron chi connectivity index (χ3n) is 9.57. The van der Waals surface area contributed by atoms with E-state index in [1.54, 1.807) is 0 Å². The first-order valence-corrected chi connectivity index (χ1v) is 15.8. The second-order valence-corrected chi connectivity index (χ2v) is 12.0. The molecule has 3 unspecified atom stereocenters. The Morgan fingerprint density at radius 1 is 0.565 bits per heavy atom. The molecule has 0 radical (unpaired) electrons. The molecular formula is C41H29N5. The molecule has 0 N–H and O–H groups in total. The number of para-hydroxylation sites is 3. The fourth-order valence-electron chi connectivity index (χ4n) is 7.64. The van der Waals surface area contributed by atoms with Gasteiger partial charge in [-0.2, -0.15) is 5.01 Å². The summed E-state index contributed by atoms with van der Waals surface area (Å²) in [5.74, 6) is 1.18. The molecule has 5 heterocycles. The van der Waals surface area contributed by atoms with Crippen molar-refractivity contribution >= 4 is 33.8 Å². The van der Waals surface area contributed by atoms with Gasteiger partial charge in [-0.25, -0.2) is 0 Å². The van der Waals surface area contributed by atoms with Crippen LogP contribution in [0.4, 0.5) is 17.1 Å². The van der Waals surface area contributed by atoms with Gasteiger partial charge in [0, 0.05) is 34.0 Å². The monoisotopic (exact) mass is 591 g/mol. The number of nitrogens with zero attached hydrogens (tertiary/aromatic N) is 5. The summed E-state index contributed by atoms with van der Waals surface area (Å²) in [5, 5.41) is 6.22. The van der Waals surface area contributed by atoms with Crippen LogP contribution in [0.25, 0.3) is 39.1 Å². The smallest absolute Gasteiger partial charge is 0.143 e. The maximum absolute atomic E-state index is 4.66. The van der Waals surface area contributed by atoms with Gasteiger partial charge in [0.2, 0.25) is 0 Å². The van der Waals surface area contributed by atoms with Gasteiger partial charge in [-0.3, -0.25) is 14.6 Å². The number of hydrogen-bond donors (Lipinski definition) is 0. The van der Waals surface area contributed by atoms with E-state index in [2.05, 4.69) is 176 Å². The van der Waals surface area contributed by atoms with Crippen molar-refractivity contribution in [1.29, 1.82) is 0 Å². The highest BCUT2D eigenvalue weighted by molar-refractivity contribution is 6.13. The molecule has 7 aromatic rings. The van der Waals surface area contributed by atoms with Gasteiger partial charge < -0.3 is 4.90 Å². The van der Waals surface area contributed by atoms with Crippen molar-refractivity contribution in [2.24, 2.45) is 0 Å². The summed E-state index contributed by atoms with van der Waals surface area (Å²) in [6.07, 6.45) is 6.53. The average Bonchev–Trinajstić information content (AvgIpc) is 3.64. The predicted molar refractivity (Wildman–Crippen MR) is 185 cm³/mol. The van der Waals surface area contributed by atoms with Gasteiger partial charge in [0.25, 0.3) is 0 Å². The molecule has 3 aliphatic heterocycles. The minimum atomic E-state index is 0.122. The largest absolute Gasteiger partial charge is 0.308 e. The number of hydrazine groups is 1.